The molecule has 1 fully saturated rings. The first kappa shape index (κ1) is 22.2. The highest BCUT2D eigenvalue weighted by Gasteiger charge is 2.39. The summed E-state index contributed by atoms with van der Waals surface area (Å²) < 4.78 is 29.3. The Morgan fingerprint density at radius 2 is 2.15 bits per heavy atom. The van der Waals surface area contributed by atoms with Gasteiger partial charge in [-0.05, 0) is 52.9 Å². The summed E-state index contributed by atoms with van der Waals surface area (Å²) in [5.41, 5.74) is 6.92. The lowest BCUT2D eigenvalue weighted by molar-refractivity contribution is 0.0772. The van der Waals surface area contributed by atoms with Crippen LogP contribution in [0.3, 0.4) is 0 Å². The second kappa shape index (κ2) is 8.65. The molecule has 13 heteroatoms. The van der Waals surface area contributed by atoms with Crippen LogP contribution in [0.25, 0.3) is 0 Å². The molecule has 11 nitrogen and oxygen atoms in total. The molecule has 2 aliphatic heterocycles. The zero-order valence-corrected chi connectivity index (χ0v) is 19.2. The minimum Gasteiger partial charge on any atom is -0.489 e. The number of hydrogen-bond acceptors (Lipinski definition) is 9. The zero-order chi connectivity index (χ0) is 24.0. The highest BCUT2D eigenvalue weighted by Crippen LogP contribution is 2.37. The number of amides is 2. The highest BCUT2D eigenvalue weighted by atomic mass is 32.2. The minimum atomic E-state index is -0.371. The van der Waals surface area contributed by atoms with Gasteiger partial charge in [-0.2, -0.15) is 0 Å². The predicted octanol–water partition coefficient (Wildman–Crippen LogP) is 1.82. The quantitative estimate of drug-likeness (QED) is 0.472. The second-order valence-corrected chi connectivity index (χ2v) is 9.19. The van der Waals surface area contributed by atoms with Gasteiger partial charge in [0.05, 0.1) is 11.5 Å². The standard InChI is InChI=1S/C21H22FN7O4S/c1-10-5-12(3-4-13(10)22)24-20(30)17-18-15(8-28(17)2)34-27-14-7-29(6-11(14)9-32-18)21(31)16-19(23)26-33-25-16/h3-5,8,11,14,27H,6-7,9H2,1-2H3,(H2,23,26)(H,24,30)/t11-,14-/m1/s1. The summed E-state index contributed by atoms with van der Waals surface area (Å²) in [6, 6.07) is 4.36. The van der Waals surface area contributed by atoms with Gasteiger partial charge in [0.25, 0.3) is 11.8 Å². The number of benzene rings is 1. The average Bonchev–Trinajstić information content (AvgIpc) is 3.48. The lowest BCUT2D eigenvalue weighted by Gasteiger charge is -2.23. The Labute approximate surface area is 197 Å². The predicted molar refractivity (Wildman–Crippen MR) is 121 cm³/mol. The maximum atomic E-state index is 13.6. The van der Waals surface area contributed by atoms with Crippen LogP contribution in [0.2, 0.25) is 0 Å². The van der Waals surface area contributed by atoms with Crippen molar-refractivity contribution >= 4 is 35.3 Å². The molecule has 0 aliphatic carbocycles. The number of rotatable bonds is 3. The third kappa shape index (κ3) is 3.96. The number of halogens is 1. The number of ether oxygens (including phenoxy) is 1. The van der Waals surface area contributed by atoms with Crippen LogP contribution in [0, 0.1) is 18.7 Å². The lowest BCUT2D eigenvalue weighted by atomic mass is 10.1. The van der Waals surface area contributed by atoms with E-state index in [-0.39, 0.29) is 41.1 Å². The molecular formula is C21H22FN7O4S. The third-order valence-electron chi connectivity index (χ3n) is 5.94. The molecule has 0 radical (unpaired) electrons. The number of carbonyl (C=O) groups is 2. The van der Waals surface area contributed by atoms with Gasteiger partial charge in [-0.15, -0.1) is 0 Å². The van der Waals surface area contributed by atoms with Gasteiger partial charge in [-0.25, -0.2) is 9.02 Å². The van der Waals surface area contributed by atoms with Crippen molar-refractivity contribution in [1.29, 1.82) is 0 Å². The van der Waals surface area contributed by atoms with Gasteiger partial charge in [0.15, 0.2) is 11.4 Å². The van der Waals surface area contributed by atoms with Crippen molar-refractivity contribution in [3.63, 3.8) is 0 Å². The molecule has 1 aromatic carbocycles. The van der Waals surface area contributed by atoms with Crippen LogP contribution in [-0.2, 0) is 7.05 Å². The summed E-state index contributed by atoms with van der Waals surface area (Å²) in [5.74, 6) is -0.692. The normalized spacial score (nSPS) is 19.6. The summed E-state index contributed by atoms with van der Waals surface area (Å²) >= 11 is 1.34. The van der Waals surface area contributed by atoms with Crippen molar-refractivity contribution in [3.8, 4) is 5.75 Å². The van der Waals surface area contributed by atoms with Crippen molar-refractivity contribution in [2.45, 2.75) is 17.9 Å². The highest BCUT2D eigenvalue weighted by molar-refractivity contribution is 7.97. The van der Waals surface area contributed by atoms with Crippen molar-refractivity contribution < 1.29 is 23.3 Å². The number of likely N-dealkylation sites (tertiary alicyclic amines) is 1. The van der Waals surface area contributed by atoms with E-state index in [4.69, 9.17) is 10.5 Å². The number of carbonyl (C=O) groups excluding carboxylic acids is 2. The van der Waals surface area contributed by atoms with Gasteiger partial charge >= 0.3 is 0 Å². The van der Waals surface area contributed by atoms with E-state index in [0.29, 0.717) is 42.4 Å². The number of aryl methyl sites for hydroxylation is 2. The summed E-state index contributed by atoms with van der Waals surface area (Å²) in [6.45, 7) is 2.78. The third-order valence-corrected chi connectivity index (χ3v) is 6.87. The molecular weight excluding hydrogens is 465 g/mol. The van der Waals surface area contributed by atoms with E-state index in [1.165, 1.54) is 24.1 Å². The molecule has 178 valence electrons. The topological polar surface area (TPSA) is 141 Å². The Bertz CT molecular complexity index is 1280. The Morgan fingerprint density at radius 3 is 2.88 bits per heavy atom. The van der Waals surface area contributed by atoms with E-state index in [0.717, 1.165) is 4.90 Å². The number of nitrogen functional groups attached to an aromatic ring is 1. The van der Waals surface area contributed by atoms with Crippen LogP contribution in [0.15, 0.2) is 33.9 Å². The summed E-state index contributed by atoms with van der Waals surface area (Å²) in [7, 11) is 1.76. The summed E-state index contributed by atoms with van der Waals surface area (Å²) in [5, 5.41) is 9.87. The van der Waals surface area contributed by atoms with Crippen LogP contribution < -0.4 is 20.5 Å². The number of fused-ring (bicyclic) bond motifs is 2. The van der Waals surface area contributed by atoms with E-state index in [1.807, 2.05) is 0 Å². The Morgan fingerprint density at radius 1 is 1.32 bits per heavy atom. The molecule has 0 bridgehead atoms. The molecule has 2 amide bonds. The fraction of sp³-hybridized carbons (Fsp3) is 0.333. The lowest BCUT2D eigenvalue weighted by Crippen LogP contribution is -2.36. The number of hydrogen-bond donors (Lipinski definition) is 3. The maximum Gasteiger partial charge on any atom is 0.280 e. The van der Waals surface area contributed by atoms with Crippen LogP contribution in [0.5, 0.6) is 5.75 Å². The van der Waals surface area contributed by atoms with Crippen molar-refractivity contribution in [2.75, 3.05) is 30.7 Å². The van der Waals surface area contributed by atoms with E-state index < -0.39 is 0 Å². The van der Waals surface area contributed by atoms with Crippen LogP contribution in [0.4, 0.5) is 15.9 Å². The fourth-order valence-corrected chi connectivity index (χ4v) is 5.13. The molecule has 3 aromatic rings. The fourth-order valence-electron chi connectivity index (χ4n) is 4.13. The molecule has 34 heavy (non-hydrogen) atoms. The number of nitrogens with zero attached hydrogens (tertiary/aromatic N) is 4. The molecule has 5 rings (SSSR count). The van der Waals surface area contributed by atoms with Crippen molar-refractivity contribution in [2.24, 2.45) is 13.0 Å². The molecule has 2 aromatic heterocycles. The number of nitrogens with one attached hydrogen (secondary N) is 2. The van der Waals surface area contributed by atoms with E-state index >= 15 is 0 Å². The first-order valence-corrected chi connectivity index (χ1v) is 11.3. The molecule has 0 spiro atoms. The van der Waals surface area contributed by atoms with Crippen molar-refractivity contribution in [1.82, 2.24) is 24.5 Å². The molecule has 0 unspecified atom stereocenters. The molecule has 4 heterocycles. The van der Waals surface area contributed by atoms with Crippen LogP contribution in [0.1, 0.15) is 26.5 Å². The largest absolute Gasteiger partial charge is 0.489 e. The Kier molecular flexibility index (Phi) is 5.65. The minimum absolute atomic E-state index is 0.0123. The first-order valence-electron chi connectivity index (χ1n) is 10.5. The smallest absolute Gasteiger partial charge is 0.280 e. The van der Waals surface area contributed by atoms with Gasteiger partial charge in [0, 0.05) is 44.0 Å². The molecule has 4 N–H and O–H groups in total. The Balaban J connectivity index is 1.32. The van der Waals surface area contributed by atoms with Crippen LogP contribution in [-0.4, -0.2) is 57.3 Å². The number of nitrogens with two attached hydrogens (primary N) is 1. The molecule has 1 saturated heterocycles. The van der Waals surface area contributed by atoms with Crippen LogP contribution >= 0.6 is 11.9 Å². The molecule has 2 atom stereocenters. The van der Waals surface area contributed by atoms with Crippen molar-refractivity contribution in [3.05, 3.63) is 47.2 Å². The zero-order valence-electron chi connectivity index (χ0n) is 18.4. The number of anilines is 2. The Hall–Kier alpha value is -3.58. The van der Waals surface area contributed by atoms with Gasteiger partial charge < -0.3 is 25.3 Å². The van der Waals surface area contributed by atoms with E-state index in [2.05, 4.69) is 25.0 Å². The first-order chi connectivity index (χ1) is 16.3. The summed E-state index contributed by atoms with van der Waals surface area (Å²) in [4.78, 5) is 28.2. The van der Waals surface area contributed by atoms with Gasteiger partial charge in [0.2, 0.25) is 11.5 Å². The number of aromatic nitrogens is 3. The van der Waals surface area contributed by atoms with E-state index in [9.17, 15) is 14.0 Å². The van der Waals surface area contributed by atoms with Gasteiger partial charge in [0.1, 0.15) is 5.82 Å². The average molecular weight is 488 g/mol. The summed E-state index contributed by atoms with van der Waals surface area (Å²) in [6.07, 6.45) is 1.80. The SMILES string of the molecule is Cc1cc(NC(=O)c2c3c(cn2C)SN[C@@H]2CN(C(=O)c4nonc4N)C[C@@H]2CO3)ccc1F. The molecule has 0 saturated carbocycles. The maximum absolute atomic E-state index is 13.6. The van der Waals surface area contributed by atoms with Gasteiger partial charge in [-0.3, -0.25) is 14.3 Å². The van der Waals surface area contributed by atoms with E-state index in [1.54, 1.807) is 35.7 Å². The molecule has 2 aliphatic rings. The second-order valence-electron chi connectivity index (χ2n) is 8.31. The van der Waals surface area contributed by atoms with Gasteiger partial charge in [-0.1, -0.05) is 0 Å². The monoisotopic (exact) mass is 487 g/mol.